The van der Waals surface area contributed by atoms with Crippen molar-refractivity contribution in [3.05, 3.63) is 40.9 Å². The third kappa shape index (κ3) is 4.28. The van der Waals surface area contributed by atoms with Crippen LogP contribution in [0.1, 0.15) is 26.2 Å². The summed E-state index contributed by atoms with van der Waals surface area (Å²) < 4.78 is 1.28. The van der Waals surface area contributed by atoms with Gasteiger partial charge >= 0.3 is 0 Å². The van der Waals surface area contributed by atoms with E-state index in [-0.39, 0.29) is 36.9 Å². The summed E-state index contributed by atoms with van der Waals surface area (Å²) in [6.45, 7) is 3.97. The van der Waals surface area contributed by atoms with Gasteiger partial charge in [-0.1, -0.05) is 19.1 Å². The summed E-state index contributed by atoms with van der Waals surface area (Å²) in [5, 5.41) is 3.19. The predicted molar refractivity (Wildman–Crippen MR) is 98.6 cm³/mol. The van der Waals surface area contributed by atoms with Crippen LogP contribution in [0.25, 0.3) is 10.9 Å². The Morgan fingerprint density at radius 1 is 1.23 bits per heavy atom. The maximum absolute atomic E-state index is 12.4. The number of nitrogens with zero attached hydrogens (tertiary/aromatic N) is 3. The summed E-state index contributed by atoms with van der Waals surface area (Å²) in [5.41, 5.74) is 0.361. The molecule has 26 heavy (non-hydrogen) atoms. The molecule has 0 saturated carbocycles. The van der Waals surface area contributed by atoms with Crippen molar-refractivity contribution in [3.8, 4) is 0 Å². The van der Waals surface area contributed by atoms with E-state index in [2.05, 4.69) is 17.2 Å². The minimum Gasteiger partial charge on any atom is -0.354 e. The highest BCUT2D eigenvalue weighted by Crippen LogP contribution is 2.16. The molecule has 3 rings (SSSR count). The zero-order valence-electron chi connectivity index (χ0n) is 15.0. The second-order valence-electron chi connectivity index (χ2n) is 6.86. The Kier molecular flexibility index (Phi) is 5.65. The second-order valence-corrected chi connectivity index (χ2v) is 6.86. The number of hydrogen-bond donors (Lipinski definition) is 1. The third-order valence-electron chi connectivity index (χ3n) is 4.84. The first-order chi connectivity index (χ1) is 12.5. The molecule has 1 N–H and O–H groups in total. The van der Waals surface area contributed by atoms with Crippen LogP contribution in [0.4, 0.5) is 0 Å². The van der Waals surface area contributed by atoms with Crippen molar-refractivity contribution in [3.63, 3.8) is 0 Å². The molecule has 0 radical (unpaired) electrons. The number of rotatable bonds is 5. The summed E-state index contributed by atoms with van der Waals surface area (Å²) >= 11 is 0. The summed E-state index contributed by atoms with van der Waals surface area (Å²) in [4.78, 5) is 42.7. The average Bonchev–Trinajstić information content (AvgIpc) is 2.65. The van der Waals surface area contributed by atoms with E-state index in [9.17, 15) is 14.4 Å². The van der Waals surface area contributed by atoms with Crippen molar-refractivity contribution in [2.45, 2.75) is 32.7 Å². The van der Waals surface area contributed by atoms with Gasteiger partial charge in [-0.15, -0.1) is 0 Å². The molecule has 0 bridgehead atoms. The molecule has 1 aliphatic heterocycles. The molecule has 7 heteroatoms. The average molecular weight is 356 g/mol. The molecule has 0 aliphatic carbocycles. The lowest BCUT2D eigenvalue weighted by atomic mass is 9.99. The normalized spacial score (nSPS) is 15.2. The third-order valence-corrected chi connectivity index (χ3v) is 4.84. The maximum Gasteiger partial charge on any atom is 0.261 e. The summed E-state index contributed by atoms with van der Waals surface area (Å²) in [7, 11) is 0. The highest BCUT2D eigenvalue weighted by atomic mass is 16.2. The Morgan fingerprint density at radius 3 is 2.73 bits per heavy atom. The van der Waals surface area contributed by atoms with Gasteiger partial charge in [0.25, 0.3) is 5.56 Å². The fraction of sp³-hybridized carbons (Fsp3) is 0.474. The first-order valence-corrected chi connectivity index (χ1v) is 9.03. The number of benzene rings is 1. The topological polar surface area (TPSA) is 84.3 Å². The van der Waals surface area contributed by atoms with Gasteiger partial charge < -0.3 is 10.2 Å². The lowest BCUT2D eigenvalue weighted by Gasteiger charge is -2.30. The first-order valence-electron chi connectivity index (χ1n) is 9.03. The van der Waals surface area contributed by atoms with Crippen molar-refractivity contribution >= 4 is 22.7 Å². The molecular weight excluding hydrogens is 332 g/mol. The van der Waals surface area contributed by atoms with Crippen LogP contribution >= 0.6 is 0 Å². The van der Waals surface area contributed by atoms with Crippen molar-refractivity contribution in [2.75, 3.05) is 19.6 Å². The zero-order chi connectivity index (χ0) is 18.5. The van der Waals surface area contributed by atoms with E-state index < -0.39 is 0 Å². The van der Waals surface area contributed by atoms with Gasteiger partial charge in [0.15, 0.2) is 0 Å². The molecule has 0 unspecified atom stereocenters. The van der Waals surface area contributed by atoms with Gasteiger partial charge in [0.1, 0.15) is 6.54 Å². The van der Waals surface area contributed by atoms with Crippen LogP contribution in [-0.2, 0) is 16.1 Å². The van der Waals surface area contributed by atoms with Gasteiger partial charge in [-0.3, -0.25) is 19.0 Å². The molecule has 1 aromatic heterocycles. The summed E-state index contributed by atoms with van der Waals surface area (Å²) in [5.74, 6) is 0.443. The molecule has 1 saturated heterocycles. The SMILES string of the molecule is CC1CCN(C(=O)CCNC(=O)Cn2cnc3ccccc3c2=O)CC1. The Morgan fingerprint density at radius 2 is 1.96 bits per heavy atom. The zero-order valence-corrected chi connectivity index (χ0v) is 15.0. The van der Waals surface area contributed by atoms with Gasteiger partial charge in [0, 0.05) is 26.1 Å². The molecule has 0 spiro atoms. The van der Waals surface area contributed by atoms with Crippen LogP contribution < -0.4 is 10.9 Å². The highest BCUT2D eigenvalue weighted by molar-refractivity contribution is 5.80. The summed E-state index contributed by atoms with van der Waals surface area (Å²) in [6, 6.07) is 7.03. The van der Waals surface area contributed by atoms with E-state index in [0.717, 1.165) is 25.9 Å². The van der Waals surface area contributed by atoms with Gasteiger partial charge in [0.05, 0.1) is 17.2 Å². The number of carbonyl (C=O) groups excluding carboxylic acids is 2. The van der Waals surface area contributed by atoms with E-state index in [0.29, 0.717) is 16.8 Å². The smallest absolute Gasteiger partial charge is 0.261 e. The number of carbonyl (C=O) groups is 2. The molecule has 2 aromatic rings. The second kappa shape index (κ2) is 8.12. The lowest BCUT2D eigenvalue weighted by molar-refractivity contribution is -0.132. The minimum atomic E-state index is -0.302. The Hall–Kier alpha value is -2.70. The monoisotopic (exact) mass is 356 g/mol. The molecule has 1 fully saturated rings. The van der Waals surface area contributed by atoms with Crippen molar-refractivity contribution in [1.29, 1.82) is 0 Å². The summed E-state index contributed by atoms with van der Waals surface area (Å²) in [6.07, 6.45) is 3.74. The van der Waals surface area contributed by atoms with Crippen LogP contribution in [0.15, 0.2) is 35.4 Å². The predicted octanol–water partition coefficient (Wildman–Crippen LogP) is 1.16. The van der Waals surface area contributed by atoms with Crippen molar-refractivity contribution in [1.82, 2.24) is 19.8 Å². The molecule has 2 heterocycles. The van der Waals surface area contributed by atoms with E-state index in [1.807, 2.05) is 11.0 Å². The molecule has 7 nitrogen and oxygen atoms in total. The molecule has 1 aliphatic rings. The van der Waals surface area contributed by atoms with Gasteiger partial charge in [-0.05, 0) is 30.9 Å². The van der Waals surface area contributed by atoms with E-state index in [4.69, 9.17) is 0 Å². The maximum atomic E-state index is 12.4. The fourth-order valence-corrected chi connectivity index (χ4v) is 3.15. The van der Waals surface area contributed by atoms with Crippen molar-refractivity contribution < 1.29 is 9.59 Å². The van der Waals surface area contributed by atoms with Gasteiger partial charge in [0.2, 0.25) is 11.8 Å². The Balaban J connectivity index is 1.49. The molecular formula is C19H24N4O3. The molecule has 1 aromatic carbocycles. The fourth-order valence-electron chi connectivity index (χ4n) is 3.15. The number of amides is 2. The first kappa shape index (κ1) is 18.1. The highest BCUT2D eigenvalue weighted by Gasteiger charge is 2.19. The number of hydrogen-bond acceptors (Lipinski definition) is 4. The van der Waals surface area contributed by atoms with Crippen LogP contribution in [0, 0.1) is 5.92 Å². The minimum absolute atomic E-state index is 0.0711. The molecule has 0 atom stereocenters. The number of aromatic nitrogens is 2. The van der Waals surface area contributed by atoms with Crippen molar-refractivity contribution in [2.24, 2.45) is 5.92 Å². The van der Waals surface area contributed by atoms with E-state index in [1.165, 1.54) is 10.9 Å². The van der Waals surface area contributed by atoms with Crippen LogP contribution in [0.2, 0.25) is 0 Å². The van der Waals surface area contributed by atoms with Crippen LogP contribution in [0.5, 0.6) is 0 Å². The standard InChI is InChI=1S/C19H24N4O3/c1-14-7-10-22(11-8-14)18(25)6-9-20-17(24)12-23-13-21-16-5-3-2-4-15(16)19(23)26/h2-5,13-14H,6-12H2,1H3,(H,20,24). The van der Waals surface area contributed by atoms with Crippen LogP contribution in [-0.4, -0.2) is 45.9 Å². The molecule has 138 valence electrons. The quantitative estimate of drug-likeness (QED) is 0.871. The Labute approximate surface area is 152 Å². The lowest BCUT2D eigenvalue weighted by Crippen LogP contribution is -2.40. The van der Waals surface area contributed by atoms with Crippen LogP contribution in [0.3, 0.4) is 0 Å². The number of para-hydroxylation sites is 1. The van der Waals surface area contributed by atoms with E-state index >= 15 is 0 Å². The number of piperidine rings is 1. The van der Waals surface area contributed by atoms with Gasteiger partial charge in [-0.2, -0.15) is 0 Å². The largest absolute Gasteiger partial charge is 0.354 e. The number of likely N-dealkylation sites (tertiary alicyclic amines) is 1. The van der Waals surface area contributed by atoms with Gasteiger partial charge in [-0.25, -0.2) is 4.98 Å². The Bertz CT molecular complexity index is 853. The number of nitrogens with one attached hydrogen (secondary N) is 1. The number of fused-ring (bicyclic) bond motifs is 1. The van der Waals surface area contributed by atoms with E-state index in [1.54, 1.807) is 18.2 Å². The molecule has 2 amide bonds.